The van der Waals surface area contributed by atoms with Crippen molar-refractivity contribution in [3.05, 3.63) is 96.7 Å². The van der Waals surface area contributed by atoms with Crippen molar-refractivity contribution in [2.75, 3.05) is 0 Å². The van der Waals surface area contributed by atoms with E-state index >= 15 is 0 Å². The van der Waals surface area contributed by atoms with E-state index in [1.54, 1.807) is 35.5 Å². The Bertz CT molecular complexity index is 1050. The Kier molecular flexibility index (Phi) is 4.70. The van der Waals surface area contributed by atoms with Gasteiger partial charge >= 0.3 is 0 Å². The number of hydrogen-bond acceptors (Lipinski definition) is 4. The summed E-state index contributed by atoms with van der Waals surface area (Å²) in [4.78, 5) is 21.2. The van der Waals surface area contributed by atoms with Gasteiger partial charge in [0.1, 0.15) is 0 Å². The van der Waals surface area contributed by atoms with Crippen LogP contribution < -0.4 is 5.32 Å². The Balaban J connectivity index is 1.52. The summed E-state index contributed by atoms with van der Waals surface area (Å²) in [6.45, 7) is 0.378. The van der Waals surface area contributed by atoms with Crippen molar-refractivity contribution in [1.29, 1.82) is 0 Å². The number of nitrogens with zero attached hydrogens (tertiary/aromatic N) is 4. The summed E-state index contributed by atoms with van der Waals surface area (Å²) in [7, 11) is 0. The third-order valence-corrected chi connectivity index (χ3v) is 4.14. The zero-order valence-electron chi connectivity index (χ0n) is 14.5. The molecule has 3 heterocycles. The van der Waals surface area contributed by atoms with Gasteiger partial charge in [-0.2, -0.15) is 5.10 Å². The predicted molar refractivity (Wildman–Crippen MR) is 102 cm³/mol. The van der Waals surface area contributed by atoms with E-state index in [1.165, 1.54) is 0 Å². The zero-order chi connectivity index (χ0) is 18.5. The summed E-state index contributed by atoms with van der Waals surface area (Å²) in [5.41, 5.74) is 4.08. The fourth-order valence-electron chi connectivity index (χ4n) is 2.83. The molecule has 6 nitrogen and oxygen atoms in total. The summed E-state index contributed by atoms with van der Waals surface area (Å²) in [6, 6.07) is 16.8. The minimum atomic E-state index is -0.148. The Labute approximate surface area is 156 Å². The third kappa shape index (κ3) is 3.74. The normalized spacial score (nSPS) is 10.5. The summed E-state index contributed by atoms with van der Waals surface area (Å²) < 4.78 is 1.72. The molecule has 0 saturated heterocycles. The summed E-state index contributed by atoms with van der Waals surface area (Å²) in [6.07, 6.45) is 8.77. The van der Waals surface area contributed by atoms with Crippen LogP contribution in [-0.4, -0.2) is 25.7 Å². The lowest BCUT2D eigenvalue weighted by Crippen LogP contribution is -2.23. The van der Waals surface area contributed by atoms with Crippen LogP contribution in [0.1, 0.15) is 15.9 Å². The minimum Gasteiger partial charge on any atom is -0.348 e. The molecule has 0 aliphatic heterocycles. The molecule has 0 atom stereocenters. The molecular weight excluding hydrogens is 338 g/mol. The molecule has 1 amide bonds. The monoisotopic (exact) mass is 355 g/mol. The highest BCUT2D eigenvalue weighted by Crippen LogP contribution is 2.20. The number of rotatable bonds is 5. The van der Waals surface area contributed by atoms with Gasteiger partial charge < -0.3 is 5.32 Å². The fourth-order valence-corrected chi connectivity index (χ4v) is 2.83. The van der Waals surface area contributed by atoms with Gasteiger partial charge in [0, 0.05) is 48.7 Å². The second-order valence-electron chi connectivity index (χ2n) is 5.94. The van der Waals surface area contributed by atoms with E-state index in [2.05, 4.69) is 20.4 Å². The van der Waals surface area contributed by atoms with Gasteiger partial charge in [-0.1, -0.05) is 12.1 Å². The molecule has 0 saturated carbocycles. The lowest BCUT2D eigenvalue weighted by molar-refractivity contribution is 0.0951. The number of carbonyl (C=O) groups is 1. The highest BCUT2D eigenvalue weighted by molar-refractivity contribution is 5.94. The molecule has 0 spiro atoms. The van der Waals surface area contributed by atoms with Gasteiger partial charge in [0.15, 0.2) is 0 Å². The Morgan fingerprint density at radius 1 is 1.00 bits per heavy atom. The van der Waals surface area contributed by atoms with E-state index < -0.39 is 0 Å². The molecule has 0 fully saturated rings. The van der Waals surface area contributed by atoms with E-state index in [0.29, 0.717) is 12.1 Å². The first-order valence-corrected chi connectivity index (χ1v) is 8.54. The Morgan fingerprint density at radius 2 is 1.93 bits per heavy atom. The van der Waals surface area contributed by atoms with Gasteiger partial charge in [-0.15, -0.1) is 0 Å². The average Bonchev–Trinajstić information content (AvgIpc) is 3.28. The maximum Gasteiger partial charge on any atom is 0.251 e. The first-order valence-electron chi connectivity index (χ1n) is 8.54. The molecule has 1 N–H and O–H groups in total. The smallest absolute Gasteiger partial charge is 0.251 e. The van der Waals surface area contributed by atoms with Crippen LogP contribution in [0.4, 0.5) is 0 Å². The summed E-state index contributed by atoms with van der Waals surface area (Å²) in [5.74, 6) is -0.148. The maximum atomic E-state index is 12.6. The van der Waals surface area contributed by atoms with Crippen molar-refractivity contribution in [2.24, 2.45) is 0 Å². The van der Waals surface area contributed by atoms with Crippen LogP contribution in [0.3, 0.4) is 0 Å². The lowest BCUT2D eigenvalue weighted by Gasteiger charge is -2.10. The average molecular weight is 355 g/mol. The highest BCUT2D eigenvalue weighted by Gasteiger charge is 2.10. The molecule has 0 aliphatic carbocycles. The molecule has 132 valence electrons. The lowest BCUT2D eigenvalue weighted by atomic mass is 10.1. The van der Waals surface area contributed by atoms with Crippen molar-refractivity contribution in [3.63, 3.8) is 0 Å². The van der Waals surface area contributed by atoms with Crippen LogP contribution in [0.15, 0.2) is 85.6 Å². The van der Waals surface area contributed by atoms with Crippen LogP contribution in [0.2, 0.25) is 0 Å². The van der Waals surface area contributed by atoms with Gasteiger partial charge in [0.05, 0.1) is 11.4 Å². The second-order valence-corrected chi connectivity index (χ2v) is 5.94. The molecular formula is C21H17N5O. The van der Waals surface area contributed by atoms with E-state index in [0.717, 1.165) is 22.5 Å². The van der Waals surface area contributed by atoms with Crippen LogP contribution in [0.5, 0.6) is 0 Å². The van der Waals surface area contributed by atoms with Crippen LogP contribution in [-0.2, 0) is 6.54 Å². The number of amides is 1. The number of benzene rings is 1. The molecule has 4 rings (SSSR count). The van der Waals surface area contributed by atoms with Crippen LogP contribution in [0, 0.1) is 0 Å². The number of carbonyl (C=O) groups excluding carboxylic acids is 1. The van der Waals surface area contributed by atoms with Crippen LogP contribution in [0.25, 0.3) is 16.9 Å². The largest absolute Gasteiger partial charge is 0.348 e. The third-order valence-electron chi connectivity index (χ3n) is 4.14. The van der Waals surface area contributed by atoms with Crippen molar-refractivity contribution in [1.82, 2.24) is 25.1 Å². The first-order chi connectivity index (χ1) is 13.3. The first kappa shape index (κ1) is 16.7. The summed E-state index contributed by atoms with van der Waals surface area (Å²) in [5, 5.41) is 7.17. The van der Waals surface area contributed by atoms with Crippen LogP contribution >= 0.6 is 0 Å². The standard InChI is InChI=1S/C21H17N5O/c27-21(16-5-1-8-19(13-16)26-12-4-11-25-26)24-15-18-7-3-10-23-20(18)17-6-2-9-22-14-17/h1-14H,15H2,(H,24,27). The van der Waals surface area contributed by atoms with Crippen molar-refractivity contribution in [2.45, 2.75) is 6.54 Å². The van der Waals surface area contributed by atoms with E-state index in [1.807, 2.05) is 54.7 Å². The molecule has 1 aromatic carbocycles. The fraction of sp³-hybridized carbons (Fsp3) is 0.0476. The molecule has 0 aliphatic rings. The number of aromatic nitrogens is 4. The maximum absolute atomic E-state index is 12.6. The van der Waals surface area contributed by atoms with Crippen molar-refractivity contribution in [3.8, 4) is 16.9 Å². The van der Waals surface area contributed by atoms with E-state index in [9.17, 15) is 4.79 Å². The molecule has 0 bridgehead atoms. The SMILES string of the molecule is O=C(NCc1cccnc1-c1cccnc1)c1cccc(-n2cccn2)c1. The highest BCUT2D eigenvalue weighted by atomic mass is 16.1. The zero-order valence-corrected chi connectivity index (χ0v) is 14.5. The minimum absolute atomic E-state index is 0.148. The molecule has 4 aromatic rings. The summed E-state index contributed by atoms with van der Waals surface area (Å²) >= 11 is 0. The molecule has 3 aromatic heterocycles. The number of hydrogen-bond donors (Lipinski definition) is 1. The topological polar surface area (TPSA) is 72.7 Å². The number of nitrogens with one attached hydrogen (secondary N) is 1. The predicted octanol–water partition coefficient (Wildman–Crippen LogP) is 3.26. The molecule has 0 unspecified atom stereocenters. The Morgan fingerprint density at radius 3 is 2.74 bits per heavy atom. The molecule has 6 heteroatoms. The van der Waals surface area contributed by atoms with Crippen molar-refractivity contribution < 1.29 is 4.79 Å². The quantitative estimate of drug-likeness (QED) is 0.596. The van der Waals surface area contributed by atoms with E-state index in [4.69, 9.17) is 0 Å². The molecule has 27 heavy (non-hydrogen) atoms. The van der Waals surface area contributed by atoms with Gasteiger partial charge in [-0.05, 0) is 48.0 Å². The van der Waals surface area contributed by atoms with E-state index in [-0.39, 0.29) is 5.91 Å². The van der Waals surface area contributed by atoms with Gasteiger partial charge in [0.2, 0.25) is 0 Å². The second kappa shape index (κ2) is 7.61. The van der Waals surface area contributed by atoms with Gasteiger partial charge in [0.25, 0.3) is 5.91 Å². The van der Waals surface area contributed by atoms with Gasteiger partial charge in [-0.3, -0.25) is 14.8 Å². The molecule has 0 radical (unpaired) electrons. The Hall–Kier alpha value is -3.80. The number of pyridine rings is 2. The van der Waals surface area contributed by atoms with Crippen molar-refractivity contribution >= 4 is 5.91 Å². The van der Waals surface area contributed by atoms with Gasteiger partial charge in [-0.25, -0.2) is 4.68 Å².